The number of ether oxygens (including phenoxy) is 1. The smallest absolute Gasteiger partial charge is 0.386 e. The normalized spacial score (nSPS) is 22.0. The van der Waals surface area contributed by atoms with E-state index >= 15 is 0 Å². The van der Waals surface area contributed by atoms with Gasteiger partial charge in [-0.2, -0.15) is 16.1 Å². The first-order valence-electron chi connectivity index (χ1n) is 15.7. The Balaban J connectivity index is 1.50. The van der Waals surface area contributed by atoms with Crippen molar-refractivity contribution in [3.05, 3.63) is 12.7 Å². The lowest BCUT2D eigenvalue weighted by molar-refractivity contribution is -0.137. The van der Waals surface area contributed by atoms with Crippen molar-refractivity contribution >= 4 is 69.8 Å². The highest BCUT2D eigenvalue weighted by Gasteiger charge is 2.50. The number of nitrogens with one attached hydrogen (secondary N) is 2. The van der Waals surface area contributed by atoms with Gasteiger partial charge in [0.2, 0.25) is 11.8 Å². The molecule has 2 unspecified atom stereocenters. The number of carbonyl (C=O) groups is 3. The number of hydrogen-bond acceptors (Lipinski definition) is 19. The topological polar surface area (TPSA) is 390 Å². The van der Waals surface area contributed by atoms with E-state index in [1.807, 2.05) is 0 Å². The van der Waals surface area contributed by atoms with E-state index < -0.39 is 84.6 Å². The number of nitrogens with zero attached hydrogens (tertiary/aromatic N) is 4. The van der Waals surface area contributed by atoms with Gasteiger partial charge in [-0.15, -0.1) is 0 Å². The van der Waals surface area contributed by atoms with E-state index in [9.17, 15) is 57.9 Å². The summed E-state index contributed by atoms with van der Waals surface area (Å²) in [5.41, 5.74) is 9.57. The van der Waals surface area contributed by atoms with E-state index in [0.29, 0.717) is 5.75 Å². The van der Waals surface area contributed by atoms with Gasteiger partial charge in [-0.3, -0.25) is 32.5 Å². The van der Waals surface area contributed by atoms with Crippen molar-refractivity contribution < 1.29 is 80.5 Å². The Morgan fingerprint density at radius 2 is 1.74 bits per heavy atom. The highest BCUT2D eigenvalue weighted by atomic mass is 32.2. The number of phosphoric acid groups is 3. The second-order valence-corrected chi connectivity index (χ2v) is 17.5. The Bertz CT molecular complexity index is 1770. The number of imidazole rings is 1. The van der Waals surface area contributed by atoms with Crippen LogP contribution in [0.4, 0.5) is 5.82 Å². The maximum Gasteiger partial charge on any atom is 0.481 e. The molecular weight excluding hydrogens is 809 g/mol. The fourth-order valence-corrected chi connectivity index (χ4v) is 8.21. The van der Waals surface area contributed by atoms with Crippen LogP contribution >= 0.6 is 35.2 Å². The zero-order valence-corrected chi connectivity index (χ0v) is 32.3. The average molecular weight is 853 g/mol. The average Bonchev–Trinajstić information content (AvgIpc) is 3.62. The summed E-state index contributed by atoms with van der Waals surface area (Å²) < 4.78 is 62.0. The molecule has 2 aromatic rings. The molecule has 0 saturated carbocycles. The van der Waals surface area contributed by atoms with Crippen LogP contribution < -0.4 is 22.1 Å². The molecule has 306 valence electrons. The van der Waals surface area contributed by atoms with Gasteiger partial charge >= 0.3 is 23.5 Å². The molecule has 3 rings (SSSR count). The van der Waals surface area contributed by atoms with Gasteiger partial charge in [-0.25, -0.2) is 28.6 Å². The van der Waals surface area contributed by atoms with Gasteiger partial charge < -0.3 is 56.6 Å². The van der Waals surface area contributed by atoms with Crippen molar-refractivity contribution in [2.75, 3.05) is 50.1 Å². The third-order valence-electron chi connectivity index (χ3n) is 7.33. The number of aliphatic hydroxyl groups excluding tert-OH is 2. The van der Waals surface area contributed by atoms with Gasteiger partial charge in [0.25, 0.3) is 0 Å². The first kappa shape index (κ1) is 45.9. The molecule has 25 nitrogen and oxygen atoms in total. The number of nitrogens with two attached hydrogens (primary N) is 2. The Labute approximate surface area is 311 Å². The highest BCUT2D eigenvalue weighted by molar-refractivity contribution is 7.99. The summed E-state index contributed by atoms with van der Waals surface area (Å²) in [6, 6.07) is 0. The summed E-state index contributed by atoms with van der Waals surface area (Å²) in [7, 11) is -16.4. The fraction of sp³-hybridized carbons (Fsp3) is 0.680. The van der Waals surface area contributed by atoms with E-state index in [1.54, 1.807) is 0 Å². The van der Waals surface area contributed by atoms with E-state index in [-0.39, 0.29) is 61.0 Å². The summed E-state index contributed by atoms with van der Waals surface area (Å²) in [6.45, 7) is 0.837. The summed E-state index contributed by atoms with van der Waals surface area (Å²) in [5, 5.41) is 26.3. The van der Waals surface area contributed by atoms with E-state index in [4.69, 9.17) is 25.3 Å². The molecule has 54 heavy (non-hydrogen) atoms. The lowest BCUT2D eigenvalue weighted by atomic mass is 9.87. The minimum atomic E-state index is -5.56. The largest absolute Gasteiger partial charge is 0.481 e. The number of carbonyl (C=O) groups excluding carboxylic acids is 3. The number of aliphatic hydroxyl groups is 2. The number of nitrogen functional groups attached to an aromatic ring is 1. The third-order valence-corrected chi connectivity index (χ3v) is 11.5. The van der Waals surface area contributed by atoms with E-state index in [2.05, 4.69) is 34.4 Å². The summed E-state index contributed by atoms with van der Waals surface area (Å²) >= 11 is 1.33. The molecule has 1 saturated heterocycles. The summed E-state index contributed by atoms with van der Waals surface area (Å²) in [4.78, 5) is 86.8. The van der Waals surface area contributed by atoms with E-state index in [0.717, 1.165) is 17.2 Å². The molecule has 7 atom stereocenters. The molecule has 1 aliphatic heterocycles. The molecule has 0 aliphatic carbocycles. The number of Topliss-reactive ketones (excluding diaryl/α,β-unsaturated/α-hetero) is 1. The zero-order valence-electron chi connectivity index (χ0n) is 28.8. The Morgan fingerprint density at radius 3 is 2.41 bits per heavy atom. The number of rotatable bonds is 23. The van der Waals surface area contributed by atoms with Crippen molar-refractivity contribution in [2.24, 2.45) is 11.1 Å². The summed E-state index contributed by atoms with van der Waals surface area (Å²) in [6.07, 6.45) is -6.61. The van der Waals surface area contributed by atoms with E-state index in [1.165, 1.54) is 25.6 Å². The number of anilines is 1. The van der Waals surface area contributed by atoms with Crippen LogP contribution in [0.1, 0.15) is 32.9 Å². The predicted octanol–water partition coefficient (Wildman–Crippen LogP) is -1.94. The zero-order chi connectivity index (χ0) is 40.5. The number of thioether (sulfide) groups is 1. The Hall–Kier alpha value is -2.48. The van der Waals surface area contributed by atoms with Gasteiger partial charge in [0, 0.05) is 37.1 Å². The van der Waals surface area contributed by atoms with Crippen LogP contribution in [0.5, 0.6) is 0 Å². The number of ketones is 1. The molecule has 0 spiro atoms. The number of amides is 2. The van der Waals surface area contributed by atoms with Crippen molar-refractivity contribution in [3.8, 4) is 0 Å². The highest BCUT2D eigenvalue weighted by Crippen LogP contribution is 2.61. The Kier molecular flexibility index (Phi) is 16.7. The minimum absolute atomic E-state index is 0.000789. The second-order valence-electron chi connectivity index (χ2n) is 12.2. The molecule has 0 bridgehead atoms. The molecule has 1 aliphatic rings. The second kappa shape index (κ2) is 19.6. The van der Waals surface area contributed by atoms with Crippen molar-refractivity contribution in [1.29, 1.82) is 0 Å². The minimum Gasteiger partial charge on any atom is -0.386 e. The van der Waals surface area contributed by atoms with Crippen molar-refractivity contribution in [1.82, 2.24) is 30.2 Å². The fourth-order valence-electron chi connectivity index (χ4n) is 4.62. The molecule has 29 heteroatoms. The maximum absolute atomic E-state index is 12.6. The van der Waals surface area contributed by atoms with Gasteiger partial charge in [-0.05, 0) is 6.54 Å². The molecule has 2 aromatic heterocycles. The lowest BCUT2D eigenvalue weighted by Gasteiger charge is -2.30. The molecule has 12 N–H and O–H groups in total. The number of hydrogen-bond donors (Lipinski definition) is 10. The predicted molar refractivity (Wildman–Crippen MR) is 186 cm³/mol. The third kappa shape index (κ3) is 13.9. The first-order chi connectivity index (χ1) is 25.1. The summed E-state index contributed by atoms with van der Waals surface area (Å²) in [5.74, 6) is -0.681. The van der Waals surface area contributed by atoms with Crippen molar-refractivity contribution in [3.63, 3.8) is 0 Å². The molecule has 2 amide bonds. The van der Waals surface area contributed by atoms with Crippen LogP contribution in [0, 0.1) is 5.41 Å². The number of fused-ring (bicyclic) bond motifs is 1. The Morgan fingerprint density at radius 1 is 1.06 bits per heavy atom. The van der Waals surface area contributed by atoms with Gasteiger partial charge in [-0.1, -0.05) is 13.8 Å². The molecule has 1 fully saturated rings. The quantitative estimate of drug-likeness (QED) is 0.0429. The van der Waals surface area contributed by atoms with Crippen LogP contribution in [-0.2, 0) is 50.7 Å². The van der Waals surface area contributed by atoms with Gasteiger partial charge in [0.1, 0.15) is 42.0 Å². The number of aromatic nitrogens is 4. The van der Waals surface area contributed by atoms with Crippen LogP contribution in [0.3, 0.4) is 0 Å². The first-order valence-corrected chi connectivity index (χ1v) is 21.4. The van der Waals surface area contributed by atoms with Gasteiger partial charge in [0.05, 0.1) is 25.3 Å². The monoisotopic (exact) mass is 852 g/mol. The van der Waals surface area contributed by atoms with Crippen LogP contribution in [0.2, 0.25) is 0 Å². The SMILES string of the molecule is CC(C)(COP(=O)(O)OP(=O)(O)OC[C@H]1O[C@@H](n2cnc3c(N)ncnc32)[C@H](O)[C@@H]1OP(=O)(O)O)[C@@H](O)C(=O)NCCC(=O)NCCSCC(=O)CCN. The molecular formula is C25H43N8O17P3S. The van der Waals surface area contributed by atoms with Crippen LogP contribution in [0.15, 0.2) is 12.7 Å². The number of phosphoric ester groups is 3. The van der Waals surface area contributed by atoms with Crippen LogP contribution in [-0.4, -0.2) is 136 Å². The van der Waals surface area contributed by atoms with Gasteiger partial charge in [0.15, 0.2) is 17.7 Å². The van der Waals surface area contributed by atoms with Crippen LogP contribution in [0.25, 0.3) is 11.2 Å². The maximum atomic E-state index is 12.6. The lowest BCUT2D eigenvalue weighted by Crippen LogP contribution is -2.46. The standard InChI is InChI=1S/C25H43N8O17P3S/c1-25(2,20(37)23(38)29-6-4-16(35)28-7-8-54-10-14(34)3-5-26)11-47-53(44,45)50-52(42,43)46-9-15-19(49-51(39,40)41)18(36)24(48-15)33-13-32-17-21(27)30-12-31-22(17)33/h12-13,15,18-20,24,36-37H,3-11,26H2,1-2H3,(H,28,35)(H,29,38)(H,42,43)(H,44,45)(H2,27,30,31)(H2,39,40,41)/t15-,18-,19-,20+,24-/m1/s1. The van der Waals surface area contributed by atoms with Crippen molar-refractivity contribution in [2.45, 2.75) is 57.3 Å². The molecule has 3 heterocycles. The molecule has 0 radical (unpaired) electrons. The molecule has 0 aromatic carbocycles.